The number of nitrogens with zero attached hydrogens (tertiary/aromatic N) is 4. The number of aliphatic hydroxyl groups is 1. The molecule has 1 atom stereocenters. The maximum Gasteiger partial charge on any atom is 0.191 e. The van der Waals surface area contributed by atoms with E-state index in [1.165, 1.54) is 0 Å². The molecule has 3 N–H and O–H groups in total. The van der Waals surface area contributed by atoms with Crippen LogP contribution in [0.25, 0.3) is 10.8 Å². The van der Waals surface area contributed by atoms with Gasteiger partial charge in [0.1, 0.15) is 5.60 Å². The number of halogens is 1. The molecule has 0 aliphatic rings. The Hall–Kier alpha value is -2.20. The molecule has 0 saturated carbocycles. The van der Waals surface area contributed by atoms with E-state index >= 15 is 0 Å². The highest BCUT2D eigenvalue weighted by Crippen LogP contribution is 2.19. The van der Waals surface area contributed by atoms with E-state index in [9.17, 15) is 5.11 Å². The van der Waals surface area contributed by atoms with E-state index in [2.05, 4.69) is 37.8 Å². The fourth-order valence-corrected chi connectivity index (χ4v) is 2.86. The van der Waals surface area contributed by atoms with Gasteiger partial charge in [-0.25, -0.2) is 4.99 Å². The highest BCUT2D eigenvalue weighted by Gasteiger charge is 2.25. The lowest BCUT2D eigenvalue weighted by atomic mass is 10.00. The molecule has 150 valence electrons. The second kappa shape index (κ2) is 9.83. The number of pyridine rings is 1. The lowest BCUT2D eigenvalue weighted by Gasteiger charge is -2.23. The number of guanidine groups is 1. The molecule has 8 heteroatoms. The number of nitrogens with one attached hydrogen (secondary N) is 2. The molecule has 7 nitrogen and oxygen atoms in total. The largest absolute Gasteiger partial charge is 0.383 e. The van der Waals surface area contributed by atoms with Crippen LogP contribution in [0.1, 0.15) is 25.1 Å². The van der Waals surface area contributed by atoms with E-state index in [4.69, 9.17) is 0 Å². The molecule has 28 heavy (non-hydrogen) atoms. The van der Waals surface area contributed by atoms with Crippen molar-refractivity contribution in [3.63, 3.8) is 0 Å². The molecule has 1 aromatic carbocycles. The zero-order valence-corrected chi connectivity index (χ0v) is 18.7. The monoisotopic (exact) mass is 494 g/mol. The summed E-state index contributed by atoms with van der Waals surface area (Å²) in [6.07, 6.45) is 5.29. The van der Waals surface area contributed by atoms with E-state index in [1.54, 1.807) is 24.0 Å². The van der Waals surface area contributed by atoms with Crippen LogP contribution in [0.5, 0.6) is 0 Å². The molecular weight excluding hydrogens is 467 g/mol. The summed E-state index contributed by atoms with van der Waals surface area (Å²) in [5, 5.41) is 23.5. The van der Waals surface area contributed by atoms with Crippen LogP contribution in [0, 0.1) is 0 Å². The topological polar surface area (TPSA) is 87.4 Å². The summed E-state index contributed by atoms with van der Waals surface area (Å²) in [6.45, 7) is 5.25. The number of aliphatic imine (C=N–C) groups is 1. The van der Waals surface area contributed by atoms with Gasteiger partial charge >= 0.3 is 0 Å². The Labute approximate surface area is 182 Å². The van der Waals surface area contributed by atoms with Crippen LogP contribution in [0.3, 0.4) is 0 Å². The van der Waals surface area contributed by atoms with E-state index in [1.807, 2.05) is 38.4 Å². The molecule has 0 bridgehead atoms. The molecule has 2 aromatic heterocycles. The van der Waals surface area contributed by atoms with Gasteiger partial charge in [0.15, 0.2) is 5.96 Å². The van der Waals surface area contributed by atoms with Gasteiger partial charge in [-0.1, -0.05) is 24.3 Å². The molecule has 0 amide bonds. The molecule has 0 aliphatic carbocycles. The Balaban J connectivity index is 0.00000280. The summed E-state index contributed by atoms with van der Waals surface area (Å²) in [6, 6.07) is 10.1. The zero-order valence-electron chi connectivity index (χ0n) is 16.4. The van der Waals surface area contributed by atoms with Crippen molar-refractivity contribution in [2.45, 2.75) is 26.0 Å². The van der Waals surface area contributed by atoms with Gasteiger partial charge in [0, 0.05) is 36.9 Å². The second-order valence-electron chi connectivity index (χ2n) is 6.70. The van der Waals surface area contributed by atoms with Crippen LogP contribution >= 0.6 is 24.0 Å². The molecule has 0 saturated heterocycles. The van der Waals surface area contributed by atoms with Crippen molar-refractivity contribution in [1.29, 1.82) is 0 Å². The maximum atomic E-state index is 10.7. The van der Waals surface area contributed by atoms with Crippen molar-refractivity contribution in [1.82, 2.24) is 25.4 Å². The van der Waals surface area contributed by atoms with Gasteiger partial charge in [-0.2, -0.15) is 5.10 Å². The first-order valence-electron chi connectivity index (χ1n) is 9.06. The quantitative estimate of drug-likeness (QED) is 0.279. The van der Waals surface area contributed by atoms with Crippen LogP contribution in [0.15, 0.2) is 53.9 Å². The highest BCUT2D eigenvalue weighted by molar-refractivity contribution is 14.0. The molecule has 3 rings (SSSR count). The lowest BCUT2D eigenvalue weighted by molar-refractivity contribution is 0.0616. The average molecular weight is 494 g/mol. The van der Waals surface area contributed by atoms with Gasteiger partial charge in [-0.15, -0.1) is 24.0 Å². The lowest BCUT2D eigenvalue weighted by Crippen LogP contribution is -2.44. The highest BCUT2D eigenvalue weighted by atomic mass is 127. The van der Waals surface area contributed by atoms with Gasteiger partial charge in [-0.05, 0) is 25.3 Å². The van der Waals surface area contributed by atoms with Crippen LogP contribution < -0.4 is 10.6 Å². The van der Waals surface area contributed by atoms with Crippen molar-refractivity contribution < 1.29 is 5.11 Å². The predicted molar refractivity (Wildman–Crippen MR) is 123 cm³/mol. The standard InChI is InChI=1S/C20H26N6O.HI/c1-4-21-19(24-14-20(2,27)16-11-25-26(3)13-16)23-12-18-17-8-6-5-7-15(17)9-10-22-18;/h5-11,13,27H,4,12,14H2,1-3H3,(H2,21,23,24);1H. The van der Waals surface area contributed by atoms with Gasteiger partial charge in [-0.3, -0.25) is 9.67 Å². The molecule has 0 fully saturated rings. The van der Waals surface area contributed by atoms with Gasteiger partial charge in [0.25, 0.3) is 0 Å². The smallest absolute Gasteiger partial charge is 0.191 e. The summed E-state index contributed by atoms with van der Waals surface area (Å²) in [5.74, 6) is 0.636. The molecule has 3 aromatic rings. The van der Waals surface area contributed by atoms with Crippen molar-refractivity contribution >= 4 is 40.7 Å². The number of aromatic nitrogens is 3. The minimum absolute atomic E-state index is 0. The normalized spacial score (nSPS) is 13.6. The van der Waals surface area contributed by atoms with Crippen molar-refractivity contribution in [2.75, 3.05) is 13.1 Å². The minimum Gasteiger partial charge on any atom is -0.383 e. The van der Waals surface area contributed by atoms with Crippen molar-refractivity contribution in [2.24, 2.45) is 12.0 Å². The summed E-state index contributed by atoms with van der Waals surface area (Å²) in [4.78, 5) is 9.11. The van der Waals surface area contributed by atoms with Crippen molar-refractivity contribution in [3.8, 4) is 0 Å². The van der Waals surface area contributed by atoms with Crippen molar-refractivity contribution in [3.05, 3.63) is 60.2 Å². The Morgan fingerprint density at radius 1 is 1.25 bits per heavy atom. The van der Waals surface area contributed by atoms with Crippen LogP contribution in [0.4, 0.5) is 0 Å². The number of rotatable bonds is 6. The summed E-state index contributed by atoms with van der Waals surface area (Å²) in [5.41, 5.74) is 0.621. The van der Waals surface area contributed by atoms with E-state index < -0.39 is 5.60 Å². The predicted octanol–water partition coefficient (Wildman–Crippen LogP) is 2.55. The number of fused-ring (bicyclic) bond motifs is 1. The number of hydrogen-bond acceptors (Lipinski definition) is 4. The average Bonchev–Trinajstić information content (AvgIpc) is 3.11. The van der Waals surface area contributed by atoms with Crippen LogP contribution in [0.2, 0.25) is 0 Å². The van der Waals surface area contributed by atoms with Crippen LogP contribution in [-0.2, 0) is 19.2 Å². The molecule has 0 radical (unpaired) electrons. The molecular formula is C20H27IN6O. The van der Waals surface area contributed by atoms with Gasteiger partial charge in [0.05, 0.1) is 25.0 Å². The molecule has 1 unspecified atom stereocenters. The Morgan fingerprint density at radius 2 is 2.04 bits per heavy atom. The summed E-state index contributed by atoms with van der Waals surface area (Å²) >= 11 is 0. The van der Waals surface area contributed by atoms with Gasteiger partial charge in [0.2, 0.25) is 0 Å². The third-order valence-electron chi connectivity index (χ3n) is 4.41. The first kappa shape index (κ1) is 22.1. The number of aryl methyl sites for hydroxylation is 1. The first-order valence-corrected chi connectivity index (χ1v) is 9.06. The fraction of sp³-hybridized carbons (Fsp3) is 0.350. The maximum absolute atomic E-state index is 10.7. The Bertz CT molecular complexity index is 932. The third kappa shape index (κ3) is 5.41. The minimum atomic E-state index is -1.05. The zero-order chi connectivity index (χ0) is 19.3. The second-order valence-corrected chi connectivity index (χ2v) is 6.70. The Morgan fingerprint density at radius 3 is 2.75 bits per heavy atom. The third-order valence-corrected chi connectivity index (χ3v) is 4.41. The van der Waals surface area contributed by atoms with E-state index in [0.29, 0.717) is 19.0 Å². The Kier molecular flexibility index (Phi) is 7.76. The van der Waals surface area contributed by atoms with Gasteiger partial charge < -0.3 is 15.7 Å². The summed E-state index contributed by atoms with van der Waals surface area (Å²) in [7, 11) is 1.83. The number of benzene rings is 1. The number of hydrogen-bond donors (Lipinski definition) is 3. The van der Waals surface area contributed by atoms with Crippen LogP contribution in [-0.4, -0.2) is 38.9 Å². The SMILES string of the molecule is CCNC(=NCc1nccc2ccccc12)NCC(C)(O)c1cnn(C)c1.I. The van der Waals surface area contributed by atoms with E-state index in [0.717, 1.165) is 28.6 Å². The summed E-state index contributed by atoms with van der Waals surface area (Å²) < 4.78 is 1.68. The first-order chi connectivity index (χ1) is 13.0. The molecule has 0 spiro atoms. The van der Waals surface area contributed by atoms with E-state index in [-0.39, 0.29) is 24.0 Å². The molecule has 2 heterocycles. The molecule has 0 aliphatic heterocycles. The fourth-order valence-electron chi connectivity index (χ4n) is 2.86.